The standard InChI is InChI=1S/C11H13N.C9H7N/c1-8-7-10-5-3-4-6-11(10)9(2)12-8;1-2-6-9-8(4-1)5-3-7-10-9/h3-6,8H,7H2,1-2H3;1-7H. The molecule has 4 rings (SSSR count). The molecule has 1 aromatic heterocycles. The first kappa shape index (κ1) is 14.5. The lowest BCUT2D eigenvalue weighted by atomic mass is 9.95. The Kier molecular flexibility index (Phi) is 4.29. The third kappa shape index (κ3) is 3.22. The van der Waals surface area contributed by atoms with Gasteiger partial charge in [-0.15, -0.1) is 0 Å². The molecule has 110 valence electrons. The van der Waals surface area contributed by atoms with E-state index in [0.29, 0.717) is 6.04 Å². The highest BCUT2D eigenvalue weighted by atomic mass is 14.8. The average molecular weight is 288 g/mol. The van der Waals surface area contributed by atoms with Crippen LogP contribution in [0, 0.1) is 0 Å². The maximum atomic E-state index is 4.54. The van der Waals surface area contributed by atoms with Gasteiger partial charge < -0.3 is 0 Å². The van der Waals surface area contributed by atoms with E-state index >= 15 is 0 Å². The molecule has 0 saturated carbocycles. The van der Waals surface area contributed by atoms with Crippen LogP contribution in [0.2, 0.25) is 0 Å². The van der Waals surface area contributed by atoms with E-state index in [9.17, 15) is 0 Å². The molecule has 1 aliphatic rings. The number of fused-ring (bicyclic) bond motifs is 2. The van der Waals surface area contributed by atoms with E-state index in [2.05, 4.69) is 60.2 Å². The number of para-hydroxylation sites is 1. The third-order valence-corrected chi connectivity index (χ3v) is 3.85. The lowest BCUT2D eigenvalue weighted by molar-refractivity contribution is 0.727. The summed E-state index contributed by atoms with van der Waals surface area (Å²) in [5, 5.41) is 1.20. The molecule has 0 bridgehead atoms. The molecule has 22 heavy (non-hydrogen) atoms. The van der Waals surface area contributed by atoms with Gasteiger partial charge >= 0.3 is 0 Å². The van der Waals surface area contributed by atoms with Crippen LogP contribution in [0.4, 0.5) is 0 Å². The Balaban J connectivity index is 0.000000133. The van der Waals surface area contributed by atoms with Crippen LogP contribution in [0.25, 0.3) is 10.9 Å². The SMILES string of the molecule is CC1=NC(C)Cc2ccccc21.c1ccc2ncccc2c1. The molecule has 1 aliphatic heterocycles. The molecule has 0 saturated heterocycles. The van der Waals surface area contributed by atoms with E-state index < -0.39 is 0 Å². The number of hydrogen-bond donors (Lipinski definition) is 0. The summed E-state index contributed by atoms with van der Waals surface area (Å²) >= 11 is 0. The molecule has 0 amide bonds. The Hall–Kier alpha value is -2.48. The maximum absolute atomic E-state index is 4.54. The normalized spacial score (nSPS) is 16.3. The van der Waals surface area contributed by atoms with Gasteiger partial charge in [-0.2, -0.15) is 0 Å². The van der Waals surface area contributed by atoms with Crippen molar-refractivity contribution in [2.24, 2.45) is 4.99 Å². The number of pyridine rings is 1. The zero-order valence-corrected chi connectivity index (χ0v) is 13.0. The predicted molar refractivity (Wildman–Crippen MR) is 93.6 cm³/mol. The Bertz CT molecular complexity index is 740. The van der Waals surface area contributed by atoms with Crippen molar-refractivity contribution in [3.8, 4) is 0 Å². The van der Waals surface area contributed by atoms with Gasteiger partial charge in [-0.25, -0.2) is 0 Å². The van der Waals surface area contributed by atoms with Crippen molar-refractivity contribution in [2.75, 3.05) is 0 Å². The summed E-state index contributed by atoms with van der Waals surface area (Å²) in [6.45, 7) is 4.26. The lowest BCUT2D eigenvalue weighted by Crippen LogP contribution is -2.16. The summed E-state index contributed by atoms with van der Waals surface area (Å²) in [5.74, 6) is 0. The molecule has 0 radical (unpaired) electrons. The van der Waals surface area contributed by atoms with Crippen LogP contribution in [0.15, 0.2) is 71.9 Å². The second-order valence-electron chi connectivity index (χ2n) is 5.62. The van der Waals surface area contributed by atoms with Gasteiger partial charge in [0.2, 0.25) is 0 Å². The summed E-state index contributed by atoms with van der Waals surface area (Å²) < 4.78 is 0. The van der Waals surface area contributed by atoms with Crippen molar-refractivity contribution in [1.82, 2.24) is 4.98 Å². The van der Waals surface area contributed by atoms with Crippen molar-refractivity contribution >= 4 is 16.6 Å². The van der Waals surface area contributed by atoms with E-state index in [1.54, 1.807) is 0 Å². The van der Waals surface area contributed by atoms with Crippen molar-refractivity contribution in [2.45, 2.75) is 26.3 Å². The van der Waals surface area contributed by atoms with Crippen LogP contribution in [-0.2, 0) is 6.42 Å². The topological polar surface area (TPSA) is 25.2 Å². The van der Waals surface area contributed by atoms with Gasteiger partial charge in [0, 0.05) is 17.3 Å². The fraction of sp³-hybridized carbons (Fsp3) is 0.200. The molecule has 2 nitrogen and oxygen atoms in total. The second-order valence-corrected chi connectivity index (χ2v) is 5.62. The average Bonchev–Trinajstić information content (AvgIpc) is 2.55. The van der Waals surface area contributed by atoms with E-state index in [1.807, 2.05) is 30.5 Å². The summed E-state index contributed by atoms with van der Waals surface area (Å²) in [7, 11) is 0. The number of hydrogen-bond acceptors (Lipinski definition) is 2. The maximum Gasteiger partial charge on any atom is 0.0701 e. The van der Waals surface area contributed by atoms with Crippen LogP contribution < -0.4 is 0 Å². The number of aromatic nitrogens is 1. The molecule has 1 atom stereocenters. The van der Waals surface area contributed by atoms with Gasteiger partial charge in [-0.3, -0.25) is 9.98 Å². The fourth-order valence-electron chi connectivity index (χ4n) is 2.83. The minimum absolute atomic E-state index is 0.458. The van der Waals surface area contributed by atoms with Crippen molar-refractivity contribution in [3.05, 3.63) is 78.0 Å². The third-order valence-electron chi connectivity index (χ3n) is 3.85. The Labute approximate surface area is 131 Å². The molecule has 0 aliphatic carbocycles. The van der Waals surface area contributed by atoms with Crippen molar-refractivity contribution in [1.29, 1.82) is 0 Å². The van der Waals surface area contributed by atoms with E-state index in [0.717, 1.165) is 11.9 Å². The summed E-state index contributed by atoms with van der Waals surface area (Å²) in [5.41, 5.74) is 5.02. The van der Waals surface area contributed by atoms with Crippen LogP contribution in [-0.4, -0.2) is 16.7 Å². The number of nitrogens with zero attached hydrogens (tertiary/aromatic N) is 2. The van der Waals surface area contributed by atoms with Gasteiger partial charge in [0.15, 0.2) is 0 Å². The number of aliphatic imine (C=N–C) groups is 1. The second kappa shape index (κ2) is 6.52. The van der Waals surface area contributed by atoms with E-state index in [1.165, 1.54) is 22.2 Å². The molecule has 3 aromatic rings. The highest BCUT2D eigenvalue weighted by molar-refractivity contribution is 6.00. The van der Waals surface area contributed by atoms with Crippen LogP contribution in [0.5, 0.6) is 0 Å². The molecule has 2 heterocycles. The van der Waals surface area contributed by atoms with Crippen LogP contribution in [0.3, 0.4) is 0 Å². The molecular weight excluding hydrogens is 268 g/mol. The van der Waals surface area contributed by atoms with Crippen LogP contribution in [0.1, 0.15) is 25.0 Å². The first-order valence-corrected chi connectivity index (χ1v) is 7.66. The molecular formula is C20H20N2. The number of benzene rings is 2. The van der Waals surface area contributed by atoms with E-state index in [-0.39, 0.29) is 0 Å². The zero-order valence-electron chi connectivity index (χ0n) is 13.0. The first-order valence-electron chi connectivity index (χ1n) is 7.66. The Morgan fingerprint density at radius 2 is 1.64 bits per heavy atom. The number of rotatable bonds is 0. The first-order chi connectivity index (χ1) is 10.7. The van der Waals surface area contributed by atoms with Crippen molar-refractivity contribution in [3.63, 3.8) is 0 Å². The summed E-state index contributed by atoms with van der Waals surface area (Å²) in [4.78, 5) is 8.72. The van der Waals surface area contributed by atoms with Gasteiger partial charge in [-0.1, -0.05) is 48.5 Å². The van der Waals surface area contributed by atoms with Crippen LogP contribution >= 0.6 is 0 Å². The lowest BCUT2D eigenvalue weighted by Gasteiger charge is -2.18. The quantitative estimate of drug-likeness (QED) is 0.590. The predicted octanol–water partition coefficient (Wildman–Crippen LogP) is 4.68. The smallest absolute Gasteiger partial charge is 0.0701 e. The summed E-state index contributed by atoms with van der Waals surface area (Å²) in [6.07, 6.45) is 2.90. The highest BCUT2D eigenvalue weighted by Crippen LogP contribution is 2.18. The monoisotopic (exact) mass is 288 g/mol. The molecule has 0 spiro atoms. The molecule has 2 aromatic carbocycles. The molecule has 2 heteroatoms. The highest BCUT2D eigenvalue weighted by Gasteiger charge is 2.13. The summed E-state index contributed by atoms with van der Waals surface area (Å²) in [6, 6.07) is 21.1. The van der Waals surface area contributed by atoms with Gasteiger partial charge in [0.25, 0.3) is 0 Å². The van der Waals surface area contributed by atoms with E-state index in [4.69, 9.17) is 0 Å². The Morgan fingerprint density at radius 1 is 0.909 bits per heavy atom. The minimum atomic E-state index is 0.458. The largest absolute Gasteiger partial charge is 0.286 e. The Morgan fingerprint density at radius 3 is 2.50 bits per heavy atom. The van der Waals surface area contributed by atoms with Gasteiger partial charge in [0.05, 0.1) is 11.6 Å². The van der Waals surface area contributed by atoms with Gasteiger partial charge in [-0.05, 0) is 43.5 Å². The fourth-order valence-corrected chi connectivity index (χ4v) is 2.83. The molecule has 1 unspecified atom stereocenters. The minimum Gasteiger partial charge on any atom is -0.286 e. The molecule has 0 N–H and O–H groups in total. The zero-order chi connectivity index (χ0) is 15.4. The van der Waals surface area contributed by atoms with Crippen molar-refractivity contribution < 1.29 is 0 Å². The molecule has 0 fully saturated rings. The van der Waals surface area contributed by atoms with Gasteiger partial charge in [0.1, 0.15) is 0 Å².